The fourth-order valence-electron chi connectivity index (χ4n) is 12.5. The zero-order chi connectivity index (χ0) is 34.4. The molecule has 6 aliphatic rings. The van der Waals surface area contributed by atoms with E-state index in [1.54, 1.807) is 4.90 Å². The second kappa shape index (κ2) is 11.3. The average Bonchev–Trinajstić information content (AvgIpc) is 3.03. The highest BCUT2D eigenvalue weighted by atomic mass is 16.6. The van der Waals surface area contributed by atoms with Crippen LogP contribution in [0, 0.1) is 50.2 Å². The van der Waals surface area contributed by atoms with Crippen LogP contribution in [0.4, 0.5) is 4.79 Å². The van der Waals surface area contributed by atoms with Gasteiger partial charge in [0.1, 0.15) is 12.1 Å². The normalized spacial score (nSPS) is 45.6. The van der Waals surface area contributed by atoms with Gasteiger partial charge >= 0.3 is 18.0 Å². The van der Waals surface area contributed by atoms with E-state index >= 15 is 0 Å². The first-order valence-corrected chi connectivity index (χ1v) is 18.3. The Bertz CT molecular complexity index is 1370. The molecule has 1 heterocycles. The van der Waals surface area contributed by atoms with E-state index in [2.05, 4.69) is 48.5 Å². The molecule has 0 spiro atoms. The van der Waals surface area contributed by atoms with Crippen molar-refractivity contribution in [3.05, 3.63) is 11.6 Å². The molecule has 1 amide bonds. The van der Waals surface area contributed by atoms with Gasteiger partial charge in [-0.2, -0.15) is 0 Å². The number of fused-ring (bicyclic) bond motifs is 7. The SMILES string of the molecule is COC(=O)C1CCCCN1C(=O)O[C@H]1CC[C@@]2(C)C(CC[C@]3(C)C2C(=O)C=C2[C@H]4C[C@@](C)(C(=O)OC)CC[C@]4(C)CC[C@]23C)C1(C)C. The summed E-state index contributed by atoms with van der Waals surface area (Å²) in [4.78, 5) is 55.4. The van der Waals surface area contributed by atoms with Crippen LogP contribution in [-0.2, 0) is 28.6 Å². The lowest BCUT2D eigenvalue weighted by molar-refractivity contribution is -0.203. The minimum atomic E-state index is -0.595. The molecule has 0 aromatic rings. The first kappa shape index (κ1) is 34.5. The van der Waals surface area contributed by atoms with Crippen LogP contribution in [0.1, 0.15) is 126 Å². The lowest BCUT2D eigenvalue weighted by Gasteiger charge is -2.70. The molecule has 0 aromatic carbocycles. The lowest BCUT2D eigenvalue weighted by atomic mass is 9.33. The number of amides is 1. The predicted molar refractivity (Wildman–Crippen MR) is 178 cm³/mol. The Hall–Kier alpha value is -2.38. The zero-order valence-corrected chi connectivity index (χ0v) is 30.5. The largest absolute Gasteiger partial charge is 0.469 e. The summed E-state index contributed by atoms with van der Waals surface area (Å²) in [5.74, 6) is -0.00179. The van der Waals surface area contributed by atoms with Gasteiger partial charge in [0.25, 0.3) is 0 Å². The number of carbonyl (C=O) groups excluding carboxylic acids is 4. The van der Waals surface area contributed by atoms with Crippen LogP contribution < -0.4 is 0 Å². The van der Waals surface area contributed by atoms with Gasteiger partial charge in [-0.3, -0.25) is 14.5 Å². The Morgan fingerprint density at radius 3 is 2.21 bits per heavy atom. The molecule has 4 saturated carbocycles. The number of carbonyl (C=O) groups is 4. The standard InChI is InChI=1S/C39H59NO7/c1-34(2)28-13-16-39(7)30(37(28,5)15-14-29(34)47-33(44)40-21-11-10-12-26(40)31(42)45-8)27(41)22-24-25-23-36(4,32(43)46-9)18-17-35(25,3)19-20-38(24,39)6/h22,25-26,28-30H,10-21,23H2,1-9H3/t25-,26?,28?,29+,30?,35-,36+,37+,38-,39-/m1/s1. The first-order valence-electron chi connectivity index (χ1n) is 18.3. The van der Waals surface area contributed by atoms with Gasteiger partial charge in [0.05, 0.1) is 19.6 Å². The number of hydrogen-bond donors (Lipinski definition) is 0. The van der Waals surface area contributed by atoms with Crippen molar-refractivity contribution in [3.8, 4) is 0 Å². The summed E-state index contributed by atoms with van der Waals surface area (Å²) >= 11 is 0. The maximum absolute atomic E-state index is 14.7. The molecular weight excluding hydrogens is 594 g/mol. The summed E-state index contributed by atoms with van der Waals surface area (Å²) in [7, 11) is 2.86. The highest BCUT2D eigenvalue weighted by Crippen LogP contribution is 2.75. The van der Waals surface area contributed by atoms with Crippen LogP contribution in [0.2, 0.25) is 0 Å². The van der Waals surface area contributed by atoms with Crippen molar-refractivity contribution >= 4 is 23.8 Å². The summed E-state index contributed by atoms with van der Waals surface area (Å²) in [6.07, 6.45) is 11.7. The highest BCUT2D eigenvalue weighted by Gasteiger charge is 2.70. The van der Waals surface area contributed by atoms with E-state index in [9.17, 15) is 19.2 Å². The topological polar surface area (TPSA) is 99.2 Å². The van der Waals surface area contributed by atoms with E-state index in [-0.39, 0.29) is 68.7 Å². The highest BCUT2D eigenvalue weighted by molar-refractivity contribution is 5.95. The number of ether oxygens (including phenoxy) is 3. The molecule has 0 aromatic heterocycles. The molecule has 47 heavy (non-hydrogen) atoms. The number of nitrogens with zero attached hydrogens (tertiary/aromatic N) is 1. The molecule has 0 radical (unpaired) electrons. The molecule has 8 nitrogen and oxygen atoms in total. The maximum atomic E-state index is 14.7. The van der Waals surface area contributed by atoms with Crippen molar-refractivity contribution in [2.45, 2.75) is 138 Å². The average molecular weight is 654 g/mol. The molecular formula is C39H59NO7. The van der Waals surface area contributed by atoms with Gasteiger partial charge < -0.3 is 14.2 Å². The van der Waals surface area contributed by atoms with E-state index in [1.165, 1.54) is 19.8 Å². The number of rotatable bonds is 3. The Kier molecular flexibility index (Phi) is 8.31. The Labute approximate surface area is 282 Å². The van der Waals surface area contributed by atoms with Gasteiger partial charge in [-0.25, -0.2) is 9.59 Å². The van der Waals surface area contributed by atoms with Crippen LogP contribution in [0.15, 0.2) is 11.6 Å². The molecule has 0 N–H and O–H groups in total. The van der Waals surface area contributed by atoms with Crippen molar-refractivity contribution in [1.82, 2.24) is 4.90 Å². The second-order valence-electron chi connectivity index (χ2n) is 18.2. The minimum absolute atomic E-state index is 0.0780. The van der Waals surface area contributed by atoms with E-state index in [4.69, 9.17) is 14.2 Å². The lowest BCUT2D eigenvalue weighted by Crippen LogP contribution is -2.67. The summed E-state index contributed by atoms with van der Waals surface area (Å²) in [5.41, 5.74) is -0.0982. The van der Waals surface area contributed by atoms with Gasteiger partial charge in [-0.05, 0) is 124 Å². The third-order valence-corrected chi connectivity index (χ3v) is 15.6. The molecule has 3 unspecified atom stereocenters. The molecule has 10 atom stereocenters. The van der Waals surface area contributed by atoms with Crippen molar-refractivity contribution in [2.75, 3.05) is 20.8 Å². The molecule has 1 aliphatic heterocycles. The monoisotopic (exact) mass is 653 g/mol. The van der Waals surface area contributed by atoms with Gasteiger partial charge in [-0.15, -0.1) is 0 Å². The summed E-state index contributed by atoms with van der Waals surface area (Å²) in [6.45, 7) is 16.6. The van der Waals surface area contributed by atoms with Crippen molar-refractivity contribution in [3.63, 3.8) is 0 Å². The van der Waals surface area contributed by atoms with Gasteiger partial charge in [-0.1, -0.05) is 47.1 Å². The Balaban J connectivity index is 1.29. The third kappa shape index (κ3) is 4.87. The molecule has 262 valence electrons. The molecule has 5 fully saturated rings. The summed E-state index contributed by atoms with van der Waals surface area (Å²) in [6, 6.07) is -0.595. The van der Waals surface area contributed by atoms with Gasteiger partial charge in [0.2, 0.25) is 0 Å². The van der Waals surface area contributed by atoms with E-state index in [1.807, 2.05) is 6.08 Å². The molecule has 8 heteroatoms. The molecule has 0 bridgehead atoms. The number of methoxy groups -OCH3 is 2. The predicted octanol–water partition coefficient (Wildman–Crippen LogP) is 7.67. The minimum Gasteiger partial charge on any atom is -0.469 e. The fraction of sp³-hybridized carbons (Fsp3) is 0.846. The van der Waals surface area contributed by atoms with Gasteiger partial charge in [0, 0.05) is 17.9 Å². The second-order valence-corrected chi connectivity index (χ2v) is 18.2. The Morgan fingerprint density at radius 2 is 1.53 bits per heavy atom. The van der Waals surface area contributed by atoms with Crippen molar-refractivity contribution in [2.24, 2.45) is 50.2 Å². The maximum Gasteiger partial charge on any atom is 0.410 e. The van der Waals surface area contributed by atoms with Crippen LogP contribution in [0.25, 0.3) is 0 Å². The van der Waals surface area contributed by atoms with Crippen LogP contribution in [0.3, 0.4) is 0 Å². The number of allylic oxidation sites excluding steroid dienone is 2. The molecule has 6 rings (SSSR count). The first-order chi connectivity index (χ1) is 21.9. The Morgan fingerprint density at radius 1 is 0.830 bits per heavy atom. The van der Waals surface area contributed by atoms with Gasteiger partial charge in [0.15, 0.2) is 5.78 Å². The summed E-state index contributed by atoms with van der Waals surface area (Å²) < 4.78 is 16.6. The number of hydrogen-bond acceptors (Lipinski definition) is 7. The quantitative estimate of drug-likeness (QED) is 0.228. The number of likely N-dealkylation sites (tertiary alicyclic amines) is 1. The van der Waals surface area contributed by atoms with E-state index in [0.29, 0.717) is 19.4 Å². The molecule has 1 saturated heterocycles. The van der Waals surface area contributed by atoms with Crippen LogP contribution >= 0.6 is 0 Å². The van der Waals surface area contributed by atoms with Crippen molar-refractivity contribution < 1.29 is 33.4 Å². The molecule has 5 aliphatic carbocycles. The summed E-state index contributed by atoms with van der Waals surface area (Å²) in [5, 5.41) is 0. The van der Waals surface area contributed by atoms with Crippen molar-refractivity contribution in [1.29, 1.82) is 0 Å². The number of ketones is 1. The van der Waals surface area contributed by atoms with Crippen LogP contribution in [0.5, 0.6) is 0 Å². The number of esters is 2. The van der Waals surface area contributed by atoms with E-state index in [0.717, 1.165) is 64.2 Å². The zero-order valence-electron chi connectivity index (χ0n) is 30.5. The number of piperidine rings is 1. The third-order valence-electron chi connectivity index (χ3n) is 15.6. The van der Waals surface area contributed by atoms with Crippen LogP contribution in [-0.4, -0.2) is 61.6 Å². The van der Waals surface area contributed by atoms with E-state index < -0.39 is 17.6 Å². The fourth-order valence-corrected chi connectivity index (χ4v) is 12.5. The smallest absolute Gasteiger partial charge is 0.410 e.